The predicted octanol–water partition coefficient (Wildman–Crippen LogP) is 4.24. The van der Waals surface area contributed by atoms with E-state index in [4.69, 9.17) is 4.74 Å². The predicted molar refractivity (Wildman–Crippen MR) is 110 cm³/mol. The van der Waals surface area contributed by atoms with Crippen molar-refractivity contribution < 1.29 is 14.3 Å². The number of fused-ring (bicyclic) bond motifs is 1. The molecular formula is C22H25N3O3. The van der Waals surface area contributed by atoms with E-state index in [0.717, 1.165) is 16.5 Å². The molecule has 3 rings (SSSR count). The zero-order valence-electron chi connectivity index (χ0n) is 16.3. The highest BCUT2D eigenvalue weighted by atomic mass is 16.6. The second-order valence-electron chi connectivity index (χ2n) is 7.62. The van der Waals surface area contributed by atoms with Crippen molar-refractivity contribution in [2.24, 2.45) is 0 Å². The van der Waals surface area contributed by atoms with Gasteiger partial charge in [-0.15, -0.1) is 0 Å². The van der Waals surface area contributed by atoms with Crippen LogP contribution in [0.3, 0.4) is 0 Å². The minimum Gasteiger partial charge on any atom is -0.444 e. The lowest BCUT2D eigenvalue weighted by Gasteiger charge is -2.23. The van der Waals surface area contributed by atoms with E-state index < -0.39 is 17.7 Å². The van der Waals surface area contributed by atoms with Gasteiger partial charge >= 0.3 is 6.09 Å². The van der Waals surface area contributed by atoms with Crippen LogP contribution in [0.1, 0.15) is 26.3 Å². The van der Waals surface area contributed by atoms with Crippen molar-refractivity contribution >= 4 is 28.6 Å². The summed E-state index contributed by atoms with van der Waals surface area (Å²) < 4.78 is 5.34. The van der Waals surface area contributed by atoms with Crippen LogP contribution in [-0.4, -0.2) is 28.6 Å². The summed E-state index contributed by atoms with van der Waals surface area (Å²) in [4.78, 5) is 28.4. The van der Waals surface area contributed by atoms with Gasteiger partial charge in [-0.3, -0.25) is 4.79 Å². The Balaban J connectivity index is 1.81. The zero-order chi connectivity index (χ0) is 20.1. The van der Waals surface area contributed by atoms with Crippen LogP contribution in [0.15, 0.2) is 60.8 Å². The number of hydrogen-bond donors (Lipinski definition) is 3. The van der Waals surface area contributed by atoms with E-state index in [9.17, 15) is 9.59 Å². The molecule has 146 valence electrons. The van der Waals surface area contributed by atoms with E-state index in [1.54, 1.807) is 32.9 Å². The summed E-state index contributed by atoms with van der Waals surface area (Å²) in [6.07, 6.45) is 1.58. The summed E-state index contributed by atoms with van der Waals surface area (Å²) >= 11 is 0. The van der Waals surface area contributed by atoms with E-state index in [-0.39, 0.29) is 5.91 Å². The van der Waals surface area contributed by atoms with E-state index in [1.807, 2.05) is 48.7 Å². The number of carbonyl (C=O) groups is 2. The number of amides is 2. The fourth-order valence-corrected chi connectivity index (χ4v) is 2.93. The van der Waals surface area contributed by atoms with Gasteiger partial charge in [-0.05, 0) is 44.5 Å². The van der Waals surface area contributed by atoms with Crippen LogP contribution in [0.2, 0.25) is 0 Å². The molecule has 0 bridgehead atoms. The number of H-pyrrole nitrogens is 1. The van der Waals surface area contributed by atoms with Gasteiger partial charge in [0, 0.05) is 29.2 Å². The van der Waals surface area contributed by atoms with E-state index >= 15 is 0 Å². The Morgan fingerprint density at radius 3 is 2.43 bits per heavy atom. The molecule has 0 saturated heterocycles. The first-order valence-corrected chi connectivity index (χ1v) is 9.22. The van der Waals surface area contributed by atoms with Crippen molar-refractivity contribution in [1.82, 2.24) is 10.3 Å². The average molecular weight is 379 g/mol. The van der Waals surface area contributed by atoms with Crippen molar-refractivity contribution in [3.8, 4) is 0 Å². The molecule has 28 heavy (non-hydrogen) atoms. The number of para-hydroxylation sites is 2. The number of hydrogen-bond acceptors (Lipinski definition) is 3. The van der Waals surface area contributed by atoms with Crippen LogP contribution in [0.25, 0.3) is 10.9 Å². The Morgan fingerprint density at radius 2 is 1.71 bits per heavy atom. The molecule has 1 heterocycles. The molecule has 0 aliphatic rings. The maximum Gasteiger partial charge on any atom is 0.408 e. The SMILES string of the molecule is CC(C)(C)OC(=O)NC(Cc1c[nH]c2ccccc12)C(=O)Nc1ccccc1. The fourth-order valence-electron chi connectivity index (χ4n) is 2.93. The Kier molecular flexibility index (Phi) is 5.68. The second-order valence-corrected chi connectivity index (χ2v) is 7.62. The molecule has 3 N–H and O–H groups in total. The lowest BCUT2D eigenvalue weighted by Crippen LogP contribution is -2.47. The number of aromatic amines is 1. The molecule has 1 unspecified atom stereocenters. The highest BCUT2D eigenvalue weighted by Crippen LogP contribution is 2.20. The molecule has 6 nitrogen and oxygen atoms in total. The van der Waals surface area contributed by atoms with Crippen molar-refractivity contribution in [1.29, 1.82) is 0 Å². The molecule has 0 spiro atoms. The molecule has 0 aliphatic carbocycles. The quantitative estimate of drug-likeness (QED) is 0.620. The van der Waals surface area contributed by atoms with Gasteiger partial charge < -0.3 is 20.4 Å². The maximum absolute atomic E-state index is 12.9. The van der Waals surface area contributed by atoms with Crippen LogP contribution in [0, 0.1) is 0 Å². The Bertz CT molecular complexity index is 958. The van der Waals surface area contributed by atoms with Crippen LogP contribution in [-0.2, 0) is 16.0 Å². The van der Waals surface area contributed by atoms with Crippen molar-refractivity contribution in [2.75, 3.05) is 5.32 Å². The number of aromatic nitrogens is 1. The van der Waals surface area contributed by atoms with Gasteiger partial charge in [0.05, 0.1) is 0 Å². The highest BCUT2D eigenvalue weighted by Gasteiger charge is 2.25. The summed E-state index contributed by atoms with van der Waals surface area (Å²) in [5.74, 6) is -0.303. The molecule has 0 radical (unpaired) electrons. The topological polar surface area (TPSA) is 83.2 Å². The van der Waals surface area contributed by atoms with Gasteiger partial charge in [0.15, 0.2) is 0 Å². The van der Waals surface area contributed by atoms with E-state index in [2.05, 4.69) is 15.6 Å². The van der Waals surface area contributed by atoms with Crippen molar-refractivity contribution in [3.05, 3.63) is 66.4 Å². The summed E-state index contributed by atoms with van der Waals surface area (Å²) in [6, 6.07) is 16.2. The number of rotatable bonds is 5. The van der Waals surface area contributed by atoms with E-state index in [0.29, 0.717) is 12.1 Å². The minimum absolute atomic E-state index is 0.303. The molecule has 1 aromatic heterocycles. The van der Waals surface area contributed by atoms with Crippen LogP contribution < -0.4 is 10.6 Å². The summed E-state index contributed by atoms with van der Waals surface area (Å²) in [7, 11) is 0. The number of nitrogens with one attached hydrogen (secondary N) is 3. The third-order valence-electron chi connectivity index (χ3n) is 4.15. The maximum atomic E-state index is 12.9. The lowest BCUT2D eigenvalue weighted by atomic mass is 10.0. The van der Waals surface area contributed by atoms with Crippen LogP contribution in [0.4, 0.5) is 10.5 Å². The van der Waals surface area contributed by atoms with Gasteiger partial charge in [-0.2, -0.15) is 0 Å². The monoisotopic (exact) mass is 379 g/mol. The summed E-state index contributed by atoms with van der Waals surface area (Å²) in [5.41, 5.74) is 1.95. The van der Waals surface area contributed by atoms with Crippen LogP contribution in [0.5, 0.6) is 0 Å². The number of benzene rings is 2. The minimum atomic E-state index is -0.783. The Labute approximate surface area is 164 Å². The van der Waals surface area contributed by atoms with Gasteiger partial charge in [0.2, 0.25) is 5.91 Å². The van der Waals surface area contributed by atoms with Crippen molar-refractivity contribution in [2.45, 2.75) is 38.8 Å². The molecule has 2 aromatic carbocycles. The number of ether oxygens (including phenoxy) is 1. The Hall–Kier alpha value is -3.28. The molecule has 2 amide bonds. The van der Waals surface area contributed by atoms with Gasteiger partial charge in [-0.1, -0.05) is 36.4 Å². The van der Waals surface area contributed by atoms with Gasteiger partial charge in [0.1, 0.15) is 11.6 Å². The highest BCUT2D eigenvalue weighted by molar-refractivity contribution is 5.97. The largest absolute Gasteiger partial charge is 0.444 e. The molecule has 1 atom stereocenters. The standard InChI is InChI=1S/C22H25N3O3/c1-22(2,3)28-21(27)25-19(20(26)24-16-9-5-4-6-10-16)13-15-14-23-18-12-8-7-11-17(15)18/h4-12,14,19,23H,13H2,1-3H3,(H,24,26)(H,25,27). The second kappa shape index (κ2) is 8.17. The third-order valence-corrected chi connectivity index (χ3v) is 4.15. The first kappa shape index (κ1) is 19.5. The lowest BCUT2D eigenvalue weighted by molar-refractivity contribution is -0.118. The average Bonchev–Trinajstić information content (AvgIpc) is 3.03. The zero-order valence-corrected chi connectivity index (χ0v) is 16.3. The molecule has 0 aliphatic heterocycles. The summed E-state index contributed by atoms with van der Waals surface area (Å²) in [6.45, 7) is 5.35. The Morgan fingerprint density at radius 1 is 1.04 bits per heavy atom. The smallest absolute Gasteiger partial charge is 0.408 e. The molecular weight excluding hydrogens is 354 g/mol. The van der Waals surface area contributed by atoms with Gasteiger partial charge in [-0.25, -0.2) is 4.79 Å². The first-order valence-electron chi connectivity index (χ1n) is 9.22. The normalized spacial score (nSPS) is 12.4. The number of alkyl carbamates (subject to hydrolysis) is 1. The molecule has 3 aromatic rings. The fraction of sp³-hybridized carbons (Fsp3) is 0.273. The van der Waals surface area contributed by atoms with E-state index in [1.165, 1.54) is 0 Å². The summed E-state index contributed by atoms with van der Waals surface area (Å²) in [5, 5.41) is 6.58. The first-order chi connectivity index (χ1) is 13.3. The van der Waals surface area contributed by atoms with Crippen molar-refractivity contribution in [3.63, 3.8) is 0 Å². The molecule has 0 fully saturated rings. The number of carbonyl (C=O) groups excluding carboxylic acids is 2. The van der Waals surface area contributed by atoms with Crippen LogP contribution >= 0.6 is 0 Å². The molecule has 6 heteroatoms. The molecule has 0 saturated carbocycles. The third kappa shape index (κ3) is 5.13. The number of anilines is 1. The van der Waals surface area contributed by atoms with Gasteiger partial charge in [0.25, 0.3) is 0 Å².